The van der Waals surface area contributed by atoms with Crippen LogP contribution in [0.5, 0.6) is 0 Å². The highest BCUT2D eigenvalue weighted by molar-refractivity contribution is 5.22. The van der Waals surface area contributed by atoms with Crippen LogP contribution in [0, 0.1) is 59.2 Å². The van der Waals surface area contributed by atoms with Gasteiger partial charge in [0, 0.05) is 0 Å². The van der Waals surface area contributed by atoms with Gasteiger partial charge >= 0.3 is 0 Å². The van der Waals surface area contributed by atoms with Gasteiger partial charge in [0.15, 0.2) is 0 Å². The maximum atomic E-state index is 2.62. The lowest BCUT2D eigenvalue weighted by molar-refractivity contribution is 0.0876. The zero-order valence-electron chi connectivity index (χ0n) is 27.2. The molecule has 228 valence electrons. The third-order valence-corrected chi connectivity index (χ3v) is 14.6. The number of hydrogen-bond acceptors (Lipinski definition) is 0. The summed E-state index contributed by atoms with van der Waals surface area (Å²) in [6.07, 6.45) is 40.2. The predicted molar refractivity (Wildman–Crippen MR) is 173 cm³/mol. The third-order valence-electron chi connectivity index (χ3n) is 14.6. The molecular formula is C40H68. The van der Waals surface area contributed by atoms with Gasteiger partial charge in [0.2, 0.25) is 0 Å². The molecule has 0 aromatic heterocycles. The van der Waals surface area contributed by atoms with E-state index in [1.54, 1.807) is 89.9 Å². The van der Waals surface area contributed by atoms with Gasteiger partial charge in [-0.15, -0.1) is 0 Å². The van der Waals surface area contributed by atoms with Crippen LogP contribution in [0.2, 0.25) is 0 Å². The van der Waals surface area contributed by atoms with Crippen LogP contribution in [0.3, 0.4) is 0 Å². The fraction of sp³-hybridized carbons (Fsp3) is 0.950. The summed E-state index contributed by atoms with van der Waals surface area (Å²) in [4.78, 5) is 0. The number of rotatable bonds is 6. The van der Waals surface area contributed by atoms with Crippen LogP contribution in [0.1, 0.15) is 181 Å². The Morgan fingerprint density at radius 3 is 1.02 bits per heavy atom. The third kappa shape index (κ3) is 7.26. The van der Waals surface area contributed by atoms with Gasteiger partial charge in [-0.25, -0.2) is 0 Å². The van der Waals surface area contributed by atoms with E-state index in [0.29, 0.717) is 0 Å². The van der Waals surface area contributed by atoms with Crippen LogP contribution in [0.25, 0.3) is 0 Å². The molecule has 6 rings (SSSR count). The van der Waals surface area contributed by atoms with E-state index >= 15 is 0 Å². The SMILES string of the molecule is C/C(=C(\C1CCCCC1)C1CCC(C2CCC(C3CCC(C4CCC(C)CC4)CC3)CC2)CC1)C1CCCCC1. The molecule has 6 aliphatic rings. The molecule has 0 bridgehead atoms. The Labute approximate surface area is 250 Å². The maximum Gasteiger partial charge on any atom is -0.0198 e. The summed E-state index contributed by atoms with van der Waals surface area (Å²) in [7, 11) is 0. The molecule has 6 aliphatic carbocycles. The highest BCUT2D eigenvalue weighted by Gasteiger charge is 2.38. The molecule has 0 atom stereocenters. The van der Waals surface area contributed by atoms with Crippen molar-refractivity contribution in [3.05, 3.63) is 11.1 Å². The van der Waals surface area contributed by atoms with Gasteiger partial charge < -0.3 is 0 Å². The highest BCUT2D eigenvalue weighted by atomic mass is 14.4. The van der Waals surface area contributed by atoms with Crippen LogP contribution >= 0.6 is 0 Å². The molecule has 0 heteroatoms. The normalized spacial score (nSPS) is 41.9. The van der Waals surface area contributed by atoms with Gasteiger partial charge in [0.1, 0.15) is 0 Å². The van der Waals surface area contributed by atoms with Gasteiger partial charge in [-0.05, 0) is 182 Å². The topological polar surface area (TPSA) is 0 Å². The Morgan fingerprint density at radius 1 is 0.325 bits per heavy atom. The molecular weight excluding hydrogens is 480 g/mol. The van der Waals surface area contributed by atoms with Gasteiger partial charge in [-0.1, -0.05) is 69.4 Å². The average molecular weight is 549 g/mol. The fourth-order valence-corrected chi connectivity index (χ4v) is 12.0. The van der Waals surface area contributed by atoms with Gasteiger partial charge in [-0.3, -0.25) is 0 Å². The first-order valence-electron chi connectivity index (χ1n) is 19.4. The Morgan fingerprint density at radius 2 is 0.625 bits per heavy atom. The van der Waals surface area contributed by atoms with Crippen molar-refractivity contribution in [2.24, 2.45) is 59.2 Å². The van der Waals surface area contributed by atoms with Gasteiger partial charge in [0.05, 0.1) is 0 Å². The van der Waals surface area contributed by atoms with Crippen molar-refractivity contribution in [1.29, 1.82) is 0 Å². The highest BCUT2D eigenvalue weighted by Crippen LogP contribution is 2.50. The maximum absolute atomic E-state index is 2.62. The predicted octanol–water partition coefficient (Wildman–Crippen LogP) is 12.7. The quantitative estimate of drug-likeness (QED) is 0.289. The summed E-state index contributed by atoms with van der Waals surface area (Å²) < 4.78 is 0. The summed E-state index contributed by atoms with van der Waals surface area (Å²) in [5.74, 6) is 10.4. The first kappa shape index (κ1) is 29.8. The van der Waals surface area contributed by atoms with Crippen molar-refractivity contribution >= 4 is 0 Å². The van der Waals surface area contributed by atoms with Gasteiger partial charge in [-0.2, -0.15) is 0 Å². The smallest absolute Gasteiger partial charge is 0.0198 e. The zero-order valence-corrected chi connectivity index (χ0v) is 27.2. The molecule has 0 aliphatic heterocycles. The minimum Gasteiger partial charge on any atom is -0.0705 e. The van der Waals surface area contributed by atoms with E-state index in [1.807, 2.05) is 11.1 Å². The molecule has 0 heterocycles. The lowest BCUT2D eigenvalue weighted by atomic mass is 9.62. The Kier molecular flexibility index (Phi) is 10.8. The first-order valence-corrected chi connectivity index (χ1v) is 19.4. The molecule has 40 heavy (non-hydrogen) atoms. The van der Waals surface area contributed by atoms with Crippen molar-refractivity contribution in [2.75, 3.05) is 0 Å². The van der Waals surface area contributed by atoms with E-state index in [9.17, 15) is 0 Å². The second-order valence-corrected chi connectivity index (χ2v) is 16.8. The fourth-order valence-electron chi connectivity index (χ4n) is 12.0. The summed E-state index contributed by atoms with van der Waals surface area (Å²) in [6.45, 7) is 5.11. The molecule has 0 saturated heterocycles. The van der Waals surface area contributed by atoms with E-state index in [1.165, 1.54) is 77.0 Å². The second kappa shape index (κ2) is 14.5. The zero-order chi connectivity index (χ0) is 27.3. The lowest BCUT2D eigenvalue weighted by Gasteiger charge is -2.44. The lowest BCUT2D eigenvalue weighted by Crippen LogP contribution is -2.32. The van der Waals surface area contributed by atoms with E-state index in [0.717, 1.165) is 59.2 Å². The minimum atomic E-state index is 0.945. The Bertz CT molecular complexity index is 761. The molecule has 6 saturated carbocycles. The standard InChI is InChI=1S/C40H68/c1-29-13-15-32(16-14-29)33-17-19-34(20-18-33)35-21-23-36(24-22-35)37-25-27-39(28-26-37)40(38-11-7-4-8-12-38)30(2)31-9-5-3-6-10-31/h29,31-39H,3-28H2,1-2H3/b40-30-. The Balaban J connectivity index is 0.970. The van der Waals surface area contributed by atoms with Crippen molar-refractivity contribution in [3.8, 4) is 0 Å². The molecule has 6 fully saturated rings. The van der Waals surface area contributed by atoms with Crippen LogP contribution in [0.4, 0.5) is 0 Å². The summed E-state index contributed by atoms with van der Waals surface area (Å²) >= 11 is 0. The Hall–Kier alpha value is -0.260. The van der Waals surface area contributed by atoms with Crippen molar-refractivity contribution in [1.82, 2.24) is 0 Å². The molecule has 0 nitrogen and oxygen atoms in total. The van der Waals surface area contributed by atoms with Crippen LogP contribution in [-0.2, 0) is 0 Å². The summed E-state index contributed by atoms with van der Waals surface area (Å²) in [5.41, 5.74) is 3.97. The summed E-state index contributed by atoms with van der Waals surface area (Å²) in [5, 5.41) is 0. The molecule has 0 aromatic carbocycles. The largest absolute Gasteiger partial charge is 0.0705 e. The molecule has 0 aromatic rings. The van der Waals surface area contributed by atoms with Crippen molar-refractivity contribution in [2.45, 2.75) is 181 Å². The van der Waals surface area contributed by atoms with Gasteiger partial charge in [0.25, 0.3) is 0 Å². The minimum absolute atomic E-state index is 0.945. The van der Waals surface area contributed by atoms with E-state index < -0.39 is 0 Å². The molecule has 0 radical (unpaired) electrons. The van der Waals surface area contributed by atoms with Crippen molar-refractivity contribution in [3.63, 3.8) is 0 Å². The van der Waals surface area contributed by atoms with E-state index in [-0.39, 0.29) is 0 Å². The molecule has 0 amide bonds. The van der Waals surface area contributed by atoms with Crippen molar-refractivity contribution < 1.29 is 0 Å². The first-order chi connectivity index (χ1) is 19.7. The number of allylic oxidation sites excluding steroid dienone is 2. The number of hydrogen-bond donors (Lipinski definition) is 0. The molecule has 0 N–H and O–H groups in total. The van der Waals surface area contributed by atoms with E-state index in [2.05, 4.69) is 13.8 Å². The second-order valence-electron chi connectivity index (χ2n) is 16.8. The van der Waals surface area contributed by atoms with Crippen LogP contribution in [0.15, 0.2) is 11.1 Å². The molecule has 0 unspecified atom stereocenters. The average Bonchev–Trinajstić information content (AvgIpc) is 3.03. The monoisotopic (exact) mass is 549 g/mol. The van der Waals surface area contributed by atoms with Crippen LogP contribution in [-0.4, -0.2) is 0 Å². The van der Waals surface area contributed by atoms with Crippen LogP contribution < -0.4 is 0 Å². The molecule has 0 spiro atoms. The van der Waals surface area contributed by atoms with E-state index in [4.69, 9.17) is 0 Å². The summed E-state index contributed by atoms with van der Waals surface area (Å²) in [6, 6.07) is 0.